The lowest BCUT2D eigenvalue weighted by molar-refractivity contribution is 0.0924. The zero-order valence-electron chi connectivity index (χ0n) is 11.6. The predicted octanol–water partition coefficient (Wildman–Crippen LogP) is 5.18. The summed E-state index contributed by atoms with van der Waals surface area (Å²) in [7, 11) is 0. The van der Waals surface area contributed by atoms with Crippen molar-refractivity contribution in [3.63, 3.8) is 0 Å². The Balaban J connectivity index is 2.06. The average Bonchev–Trinajstić information content (AvgIpc) is 2.91. The molecule has 0 aliphatic rings. The number of halogens is 1. The third kappa shape index (κ3) is 3.62. The number of Topliss-reactive ketones (excluding diaryl/α,β-unsaturated/α-hetero) is 1. The monoisotopic (exact) mass is 308 g/mol. The van der Waals surface area contributed by atoms with Crippen LogP contribution in [0.1, 0.15) is 41.4 Å². The Labute approximate surface area is 128 Å². The Bertz CT molecular complexity index is 592. The molecule has 1 unspecified atom stereocenters. The highest BCUT2D eigenvalue weighted by Crippen LogP contribution is 2.29. The number of ether oxygens (including phenoxy) is 1. The van der Waals surface area contributed by atoms with Gasteiger partial charge in [-0.25, -0.2) is 0 Å². The summed E-state index contributed by atoms with van der Waals surface area (Å²) in [5.74, 6) is 1.16. The van der Waals surface area contributed by atoms with E-state index in [1.165, 1.54) is 11.3 Å². The summed E-state index contributed by atoms with van der Waals surface area (Å²) >= 11 is 7.11. The topological polar surface area (TPSA) is 26.3 Å². The van der Waals surface area contributed by atoms with Crippen molar-refractivity contribution in [1.29, 1.82) is 0 Å². The van der Waals surface area contributed by atoms with Gasteiger partial charge in [-0.05, 0) is 36.1 Å². The lowest BCUT2D eigenvalue weighted by atomic mass is 9.98. The SMILES string of the molecule is CCC(C)c1ccccc1OCC(=O)c1ccc(Cl)s1. The minimum absolute atomic E-state index is 0.0409. The quantitative estimate of drug-likeness (QED) is 0.688. The fourth-order valence-electron chi connectivity index (χ4n) is 1.92. The Morgan fingerprint density at radius 3 is 2.70 bits per heavy atom. The van der Waals surface area contributed by atoms with E-state index in [4.69, 9.17) is 16.3 Å². The Morgan fingerprint density at radius 2 is 2.05 bits per heavy atom. The molecule has 2 rings (SSSR count). The van der Waals surface area contributed by atoms with Crippen molar-refractivity contribution in [3.8, 4) is 5.75 Å². The first kappa shape index (κ1) is 15.1. The molecule has 2 nitrogen and oxygen atoms in total. The molecule has 0 saturated carbocycles. The van der Waals surface area contributed by atoms with Crippen LogP contribution >= 0.6 is 22.9 Å². The molecular weight excluding hydrogens is 292 g/mol. The van der Waals surface area contributed by atoms with Gasteiger partial charge in [-0.1, -0.05) is 43.6 Å². The molecule has 0 bridgehead atoms. The molecular formula is C16H17ClO2S. The highest BCUT2D eigenvalue weighted by molar-refractivity contribution is 7.18. The van der Waals surface area contributed by atoms with Crippen molar-refractivity contribution < 1.29 is 9.53 Å². The second-order valence-electron chi connectivity index (χ2n) is 4.66. The van der Waals surface area contributed by atoms with Gasteiger partial charge in [0.25, 0.3) is 0 Å². The molecule has 0 amide bonds. The molecule has 0 spiro atoms. The number of carbonyl (C=O) groups excluding carboxylic acids is 1. The summed E-state index contributed by atoms with van der Waals surface area (Å²) in [5.41, 5.74) is 1.15. The van der Waals surface area contributed by atoms with E-state index in [1.807, 2.05) is 18.2 Å². The standard InChI is InChI=1S/C16H17ClO2S/c1-3-11(2)12-6-4-5-7-14(12)19-10-13(18)15-8-9-16(17)20-15/h4-9,11H,3,10H2,1-2H3. The van der Waals surface area contributed by atoms with Crippen molar-refractivity contribution in [1.82, 2.24) is 0 Å². The molecule has 1 aromatic heterocycles. The van der Waals surface area contributed by atoms with Crippen molar-refractivity contribution in [2.45, 2.75) is 26.2 Å². The number of thiophene rings is 1. The third-order valence-corrected chi connectivity index (χ3v) is 4.54. The molecule has 106 valence electrons. The van der Waals surface area contributed by atoms with Gasteiger partial charge in [0.15, 0.2) is 6.61 Å². The minimum Gasteiger partial charge on any atom is -0.485 e. The summed E-state index contributed by atoms with van der Waals surface area (Å²) in [6, 6.07) is 11.3. The van der Waals surface area contributed by atoms with E-state index >= 15 is 0 Å². The fourth-order valence-corrected chi connectivity index (χ4v) is 2.88. The van der Waals surface area contributed by atoms with Crippen molar-refractivity contribution >= 4 is 28.7 Å². The highest BCUT2D eigenvalue weighted by atomic mass is 35.5. The van der Waals surface area contributed by atoms with Gasteiger partial charge in [0.2, 0.25) is 5.78 Å². The maximum atomic E-state index is 12.0. The summed E-state index contributed by atoms with van der Waals surface area (Å²) in [6.45, 7) is 4.34. The Hall–Kier alpha value is -1.32. The average molecular weight is 309 g/mol. The molecule has 4 heteroatoms. The van der Waals surface area contributed by atoms with E-state index in [2.05, 4.69) is 19.9 Å². The van der Waals surface area contributed by atoms with Crippen LogP contribution in [0.5, 0.6) is 5.75 Å². The smallest absolute Gasteiger partial charge is 0.210 e. The maximum Gasteiger partial charge on any atom is 0.210 e. The predicted molar refractivity (Wildman–Crippen MR) is 84.3 cm³/mol. The van der Waals surface area contributed by atoms with E-state index in [0.29, 0.717) is 15.1 Å². The Kier molecular flexibility index (Phi) is 5.21. The van der Waals surface area contributed by atoms with E-state index in [-0.39, 0.29) is 12.4 Å². The van der Waals surface area contributed by atoms with Gasteiger partial charge in [0, 0.05) is 0 Å². The second-order valence-corrected chi connectivity index (χ2v) is 6.38. The number of rotatable bonds is 6. The molecule has 0 aliphatic carbocycles. The van der Waals surface area contributed by atoms with Crippen LogP contribution in [0.15, 0.2) is 36.4 Å². The first-order valence-corrected chi connectivity index (χ1v) is 7.81. The van der Waals surface area contributed by atoms with Crippen LogP contribution in [0.3, 0.4) is 0 Å². The van der Waals surface area contributed by atoms with E-state index in [1.54, 1.807) is 12.1 Å². The van der Waals surface area contributed by atoms with Gasteiger partial charge in [-0.3, -0.25) is 4.79 Å². The number of para-hydroxylation sites is 1. The molecule has 0 N–H and O–H groups in total. The zero-order valence-corrected chi connectivity index (χ0v) is 13.1. The Morgan fingerprint density at radius 1 is 1.30 bits per heavy atom. The summed E-state index contributed by atoms with van der Waals surface area (Å²) < 4.78 is 6.32. The first-order valence-electron chi connectivity index (χ1n) is 6.62. The summed E-state index contributed by atoms with van der Waals surface area (Å²) in [6.07, 6.45) is 1.04. The van der Waals surface area contributed by atoms with Crippen LogP contribution in [0.4, 0.5) is 0 Å². The molecule has 20 heavy (non-hydrogen) atoms. The third-order valence-electron chi connectivity index (χ3n) is 3.27. The molecule has 2 aromatic rings. The number of ketones is 1. The maximum absolute atomic E-state index is 12.0. The van der Waals surface area contributed by atoms with Crippen LogP contribution < -0.4 is 4.74 Å². The van der Waals surface area contributed by atoms with Gasteiger partial charge < -0.3 is 4.74 Å². The molecule has 1 atom stereocenters. The molecule has 1 aromatic carbocycles. The number of carbonyl (C=O) groups is 1. The van der Waals surface area contributed by atoms with E-state index in [9.17, 15) is 4.79 Å². The van der Waals surface area contributed by atoms with Crippen molar-refractivity contribution in [3.05, 3.63) is 51.2 Å². The summed E-state index contributed by atoms with van der Waals surface area (Å²) in [4.78, 5) is 12.6. The summed E-state index contributed by atoms with van der Waals surface area (Å²) in [5, 5.41) is 0. The van der Waals surface area contributed by atoms with Crippen LogP contribution in [0, 0.1) is 0 Å². The number of hydrogen-bond acceptors (Lipinski definition) is 3. The van der Waals surface area contributed by atoms with E-state index < -0.39 is 0 Å². The zero-order chi connectivity index (χ0) is 14.5. The van der Waals surface area contributed by atoms with Crippen LogP contribution in [-0.2, 0) is 0 Å². The molecule has 0 radical (unpaired) electrons. The molecule has 0 fully saturated rings. The van der Waals surface area contributed by atoms with Gasteiger partial charge in [-0.15, -0.1) is 11.3 Å². The van der Waals surface area contributed by atoms with Crippen LogP contribution in [-0.4, -0.2) is 12.4 Å². The molecule has 0 saturated heterocycles. The van der Waals surface area contributed by atoms with E-state index in [0.717, 1.165) is 17.7 Å². The largest absolute Gasteiger partial charge is 0.485 e. The van der Waals surface area contributed by atoms with Crippen LogP contribution in [0.25, 0.3) is 0 Å². The van der Waals surface area contributed by atoms with Crippen molar-refractivity contribution in [2.24, 2.45) is 0 Å². The lowest BCUT2D eigenvalue weighted by Gasteiger charge is -2.15. The normalized spacial score (nSPS) is 12.2. The van der Waals surface area contributed by atoms with Crippen molar-refractivity contribution in [2.75, 3.05) is 6.61 Å². The lowest BCUT2D eigenvalue weighted by Crippen LogP contribution is -2.11. The molecule has 0 aliphatic heterocycles. The number of benzene rings is 1. The second kappa shape index (κ2) is 6.91. The van der Waals surface area contributed by atoms with Gasteiger partial charge in [0.1, 0.15) is 5.75 Å². The van der Waals surface area contributed by atoms with Crippen LogP contribution in [0.2, 0.25) is 4.34 Å². The molecule has 1 heterocycles. The minimum atomic E-state index is -0.0409. The fraction of sp³-hybridized carbons (Fsp3) is 0.312. The van der Waals surface area contributed by atoms with Gasteiger partial charge in [0.05, 0.1) is 9.21 Å². The van der Waals surface area contributed by atoms with Gasteiger partial charge in [-0.2, -0.15) is 0 Å². The highest BCUT2D eigenvalue weighted by Gasteiger charge is 2.13. The number of hydrogen-bond donors (Lipinski definition) is 0. The first-order chi connectivity index (χ1) is 9.61. The van der Waals surface area contributed by atoms with Gasteiger partial charge >= 0.3 is 0 Å².